The van der Waals surface area contributed by atoms with Crippen LogP contribution in [-0.4, -0.2) is 114 Å². The number of aliphatic hydroxyl groups is 2. The van der Waals surface area contributed by atoms with Crippen LogP contribution in [0.5, 0.6) is 0 Å². The molecule has 1 aliphatic rings. The van der Waals surface area contributed by atoms with Crippen molar-refractivity contribution in [3.63, 3.8) is 0 Å². The molecule has 3 rings (SSSR count). The third-order valence-corrected chi connectivity index (χ3v) is 10.9. The number of carbonyl (C=O) groups excluding carboxylic acids is 3. The Kier molecular flexibility index (Phi) is 15.8. The van der Waals surface area contributed by atoms with E-state index in [1.54, 1.807) is 0 Å². The molecule has 2 unspecified atom stereocenters. The Hall–Kier alpha value is -2.97. The fourth-order valence-electron chi connectivity index (χ4n) is 4.45. The molecule has 26 nitrogen and oxygen atoms in total. The Bertz CT molecular complexity index is 1830. The molecule has 0 radical (unpaired) electrons. The van der Waals surface area contributed by atoms with Gasteiger partial charge >= 0.3 is 5.97 Å². The van der Waals surface area contributed by atoms with Gasteiger partial charge in [-0.2, -0.15) is 0 Å². The number of carboxylic acids is 1. The minimum atomic E-state index is -5.93. The fourth-order valence-corrected chi connectivity index (χ4v) is 7.84. The van der Waals surface area contributed by atoms with E-state index in [1.807, 2.05) is 0 Å². The van der Waals surface area contributed by atoms with Gasteiger partial charge in [-0.15, -0.1) is 0 Å². The molecule has 54 heavy (non-hydrogen) atoms. The number of nitrogens with zero attached hydrogens (tertiary/aromatic N) is 4. The van der Waals surface area contributed by atoms with E-state index < -0.39 is 102 Å². The number of ether oxygens (including phenoxy) is 1. The summed E-state index contributed by atoms with van der Waals surface area (Å²) in [7, 11) is -17.6. The van der Waals surface area contributed by atoms with E-state index in [4.69, 9.17) is 15.6 Å². The van der Waals surface area contributed by atoms with Crippen molar-refractivity contribution in [3.8, 4) is 0 Å². The molecule has 1 fully saturated rings. The molecule has 0 aliphatic carbocycles. The molecule has 0 bridgehead atoms. The lowest BCUT2D eigenvalue weighted by atomic mass is 9.87. The lowest BCUT2D eigenvalue weighted by molar-refractivity contribution is -0.347. The summed E-state index contributed by atoms with van der Waals surface area (Å²) >= 11 is 0.706. The van der Waals surface area contributed by atoms with Gasteiger partial charge in [0.05, 0.1) is 27.4 Å². The number of rotatable bonds is 21. The highest BCUT2D eigenvalue weighted by atomic mass is 32.2. The third-order valence-electron chi connectivity index (χ3n) is 7.04. The van der Waals surface area contributed by atoms with E-state index in [0.717, 1.165) is 31.1 Å². The number of imidazole rings is 1. The van der Waals surface area contributed by atoms with Crippen molar-refractivity contribution in [2.24, 2.45) is 5.41 Å². The number of thioether (sulfide) groups is 1. The van der Waals surface area contributed by atoms with E-state index in [-0.39, 0.29) is 42.2 Å². The van der Waals surface area contributed by atoms with E-state index in [0.29, 0.717) is 11.8 Å². The molecule has 1 saturated heterocycles. The Labute approximate surface area is 308 Å². The molecule has 2 amide bonds. The first kappa shape index (κ1) is 45.4. The van der Waals surface area contributed by atoms with Crippen LogP contribution in [0.2, 0.25) is 0 Å². The van der Waals surface area contributed by atoms with Crippen molar-refractivity contribution >= 4 is 75.1 Å². The van der Waals surface area contributed by atoms with Crippen LogP contribution in [-0.2, 0) is 55.5 Å². The number of amides is 2. The summed E-state index contributed by atoms with van der Waals surface area (Å²) in [5.41, 5.74) is 3.99. The number of aliphatic hydroxyl groups excluding tert-OH is 2. The van der Waals surface area contributed by atoms with Gasteiger partial charge in [0.2, 0.25) is 11.8 Å². The zero-order chi connectivity index (χ0) is 40.6. The maximum Gasteiger partial charge on any atom is 0.311 e. The number of aromatic nitrogens is 4. The molecule has 2 aromatic heterocycles. The first-order chi connectivity index (χ1) is 24.9. The molecular weight excluding hydrogens is 815 g/mol. The van der Waals surface area contributed by atoms with Crippen molar-refractivity contribution in [1.82, 2.24) is 30.2 Å². The highest BCUT2D eigenvalue weighted by Gasteiger charge is 2.47. The molecule has 0 aromatic carbocycles. The van der Waals surface area contributed by atoms with E-state index >= 15 is 0 Å². The lowest BCUT2D eigenvalue weighted by Gasteiger charge is -2.36. The van der Waals surface area contributed by atoms with Crippen molar-refractivity contribution < 1.29 is 90.4 Å². The molecule has 2 aromatic rings. The minimum Gasteiger partial charge on any atom is -0.790 e. The largest absolute Gasteiger partial charge is 0.790 e. The first-order valence-corrected chi connectivity index (χ1v) is 20.5. The number of carbonyl (C=O) groups is 4. The van der Waals surface area contributed by atoms with Gasteiger partial charge in [0.1, 0.15) is 42.7 Å². The molecule has 30 heteroatoms. The standard InChI is InChI=1S/C24H38N7O19P3S/c1-24(2,19(37)22(38)27-4-3-13(32)26-5-6-54-15(35)7-14(33)34)9-47-53(44,45)50-52(42,43)46-8-12-18(49-51(39,40)41)17(36)23(48-12)31-11-30-16-20(25)28-10-29-21(16)31/h10-12,17-19,23,36-37H,3-9H2,1-2H3,(H,26,32)(H,27,38)(H,33,34)(H,42,43)(H,44,45)(H2,25,28,29)(H2,39,40,41)/p-4/t12-,17-,18-,19+,23-/m1/s1. The first-order valence-electron chi connectivity index (χ1n) is 15.1. The summed E-state index contributed by atoms with van der Waals surface area (Å²) < 4.78 is 60.2. The van der Waals surface area contributed by atoms with Crippen LogP contribution in [0.1, 0.15) is 32.9 Å². The number of nitrogens with two attached hydrogens (primary N) is 1. The average Bonchev–Trinajstić information content (AvgIpc) is 3.60. The second kappa shape index (κ2) is 18.8. The molecule has 1 aliphatic heterocycles. The van der Waals surface area contributed by atoms with Crippen LogP contribution in [0, 0.1) is 5.41 Å². The highest BCUT2D eigenvalue weighted by molar-refractivity contribution is 8.13. The van der Waals surface area contributed by atoms with Crippen LogP contribution >= 0.6 is 35.2 Å². The van der Waals surface area contributed by atoms with Gasteiger partial charge in [-0.25, -0.2) is 19.3 Å². The monoisotopic (exact) mass is 849 g/mol. The van der Waals surface area contributed by atoms with E-state index in [9.17, 15) is 62.7 Å². The predicted octanol–water partition coefficient (Wildman–Crippen LogP) is -4.39. The number of phosphoric acid groups is 3. The van der Waals surface area contributed by atoms with Crippen LogP contribution < -0.4 is 35.9 Å². The normalized spacial score (nSPS) is 21.9. The maximum atomic E-state index is 12.5. The van der Waals surface area contributed by atoms with Crippen LogP contribution in [0.4, 0.5) is 5.82 Å². The van der Waals surface area contributed by atoms with E-state index in [2.05, 4.69) is 43.5 Å². The summed E-state index contributed by atoms with van der Waals surface area (Å²) in [5.74, 6) is -2.91. The zero-order valence-electron chi connectivity index (χ0n) is 28.0. The molecule has 0 spiro atoms. The third kappa shape index (κ3) is 13.6. The van der Waals surface area contributed by atoms with Gasteiger partial charge in [-0.1, -0.05) is 25.6 Å². The minimum absolute atomic E-state index is 0.0176. The summed E-state index contributed by atoms with van der Waals surface area (Å²) in [4.78, 5) is 105. The van der Waals surface area contributed by atoms with Gasteiger partial charge < -0.3 is 74.1 Å². The van der Waals surface area contributed by atoms with Gasteiger partial charge in [0.25, 0.3) is 15.6 Å². The van der Waals surface area contributed by atoms with Gasteiger partial charge in [0, 0.05) is 30.7 Å². The van der Waals surface area contributed by atoms with Gasteiger partial charge in [0.15, 0.2) is 22.8 Å². The fraction of sp³-hybridized carbons (Fsp3) is 0.625. The number of aliphatic carboxylic acids is 1. The number of nitrogens with one attached hydrogen (secondary N) is 2. The van der Waals surface area contributed by atoms with Crippen LogP contribution in [0.25, 0.3) is 11.2 Å². The Morgan fingerprint density at radius 2 is 1.74 bits per heavy atom. The molecule has 7 N–H and O–H groups in total. The van der Waals surface area contributed by atoms with Crippen molar-refractivity contribution in [1.29, 1.82) is 0 Å². The SMILES string of the molecule is CC(C)(COP(=O)([O-])OP(=O)([O-])OC[C@H]1O[C@@H](n2cnc3c(N)ncnc32)[C@H](O)[C@@H]1OP(=O)([O-])[O-])[C@@H](O)C(=O)NCCC(=O)NCCSC(=O)CC(=O)O. The number of carboxylic acid groups (broad SMARTS) is 1. The van der Waals surface area contributed by atoms with Crippen molar-refractivity contribution in [2.75, 3.05) is 37.8 Å². The smallest absolute Gasteiger partial charge is 0.311 e. The zero-order valence-corrected chi connectivity index (χ0v) is 31.5. The van der Waals surface area contributed by atoms with Crippen LogP contribution in [0.3, 0.4) is 0 Å². The second-order valence-corrected chi connectivity index (χ2v) is 17.0. The van der Waals surface area contributed by atoms with Crippen LogP contribution in [0.15, 0.2) is 12.7 Å². The van der Waals surface area contributed by atoms with Gasteiger partial charge in [-0.05, 0) is 0 Å². The quantitative estimate of drug-likeness (QED) is 0.0392. The number of hydrogen-bond acceptors (Lipinski definition) is 23. The summed E-state index contributed by atoms with van der Waals surface area (Å²) in [5, 5.41) is 33.8. The Balaban J connectivity index is 1.51. The molecular formula is C24H34N7O19P3S-4. The Morgan fingerprint density at radius 3 is 2.39 bits per heavy atom. The summed E-state index contributed by atoms with van der Waals surface area (Å²) in [6.45, 7) is -0.268. The number of nitrogen functional groups attached to an aromatic ring is 1. The summed E-state index contributed by atoms with van der Waals surface area (Å²) in [6.07, 6.45) is -8.46. The number of hydrogen-bond donors (Lipinski definition) is 6. The van der Waals surface area contributed by atoms with Crippen molar-refractivity contribution in [3.05, 3.63) is 12.7 Å². The average molecular weight is 850 g/mol. The van der Waals surface area contributed by atoms with Crippen molar-refractivity contribution in [2.45, 2.75) is 57.3 Å². The molecule has 7 atom stereocenters. The number of fused-ring (bicyclic) bond motifs is 1. The lowest BCUT2D eigenvalue weighted by Crippen LogP contribution is -2.46. The molecule has 0 saturated carbocycles. The maximum absolute atomic E-state index is 12.5. The Morgan fingerprint density at radius 1 is 1.07 bits per heavy atom. The molecule has 3 heterocycles. The highest BCUT2D eigenvalue weighted by Crippen LogP contribution is 2.56. The topological polar surface area (TPSA) is 412 Å². The number of anilines is 1. The predicted molar refractivity (Wildman–Crippen MR) is 170 cm³/mol. The summed E-state index contributed by atoms with van der Waals surface area (Å²) in [6, 6.07) is 0. The molecule has 304 valence electrons. The van der Waals surface area contributed by atoms with Gasteiger partial charge in [-0.3, -0.25) is 32.9 Å². The van der Waals surface area contributed by atoms with E-state index in [1.165, 1.54) is 0 Å². The number of phosphoric ester groups is 3. The second-order valence-electron chi connectivity index (χ2n) is 11.8.